The van der Waals surface area contributed by atoms with Gasteiger partial charge in [0, 0.05) is 27.5 Å². The van der Waals surface area contributed by atoms with Crippen LogP contribution in [0.25, 0.3) is 65.7 Å². The highest BCUT2D eigenvalue weighted by Gasteiger charge is 2.40. The molecule has 1 aliphatic rings. The van der Waals surface area contributed by atoms with Gasteiger partial charge in [-0.1, -0.05) is 109 Å². The third kappa shape index (κ3) is 4.71. The number of fused-ring (bicyclic) bond motifs is 4. The summed E-state index contributed by atoms with van der Waals surface area (Å²) in [6, 6.07) is 52.3. The number of amides is 2. The van der Waals surface area contributed by atoms with Gasteiger partial charge in [0.25, 0.3) is 11.8 Å². The minimum atomic E-state index is -0.412. The van der Waals surface area contributed by atoms with Crippen LogP contribution < -0.4 is 4.90 Å². The molecule has 6 heteroatoms. The molecule has 2 heterocycles. The molecule has 0 fully saturated rings. The van der Waals surface area contributed by atoms with Crippen molar-refractivity contribution >= 4 is 45.0 Å². The Labute approximate surface area is 299 Å². The van der Waals surface area contributed by atoms with Gasteiger partial charge in [-0.2, -0.15) is 5.26 Å². The van der Waals surface area contributed by atoms with E-state index < -0.39 is 11.8 Å². The van der Waals surface area contributed by atoms with Gasteiger partial charge in [-0.25, -0.2) is 9.74 Å². The van der Waals surface area contributed by atoms with Crippen LogP contribution in [0.3, 0.4) is 0 Å². The predicted molar refractivity (Wildman–Crippen MR) is 206 cm³/mol. The van der Waals surface area contributed by atoms with Crippen LogP contribution in [0.2, 0.25) is 0 Å². The third-order valence-electron chi connectivity index (χ3n) is 9.74. The summed E-state index contributed by atoms with van der Waals surface area (Å²) in [5.41, 5.74) is 9.27. The molecule has 1 aromatic heterocycles. The van der Waals surface area contributed by atoms with Crippen LogP contribution in [-0.2, 0) is 0 Å². The number of benzene rings is 7. The van der Waals surface area contributed by atoms with Crippen molar-refractivity contribution in [1.29, 1.82) is 5.26 Å². The highest BCUT2D eigenvalue weighted by molar-refractivity contribution is 6.36. The zero-order valence-corrected chi connectivity index (χ0v) is 27.6. The van der Waals surface area contributed by atoms with Crippen LogP contribution in [-0.4, -0.2) is 16.4 Å². The van der Waals surface area contributed by atoms with Crippen LogP contribution in [0, 0.1) is 17.9 Å². The Balaban J connectivity index is 1.27. The van der Waals surface area contributed by atoms with Crippen LogP contribution >= 0.6 is 0 Å². The number of anilines is 1. The maximum absolute atomic E-state index is 14.9. The van der Waals surface area contributed by atoms with E-state index in [0.29, 0.717) is 39.3 Å². The van der Waals surface area contributed by atoms with Crippen LogP contribution in [0.5, 0.6) is 0 Å². The second-order valence-electron chi connectivity index (χ2n) is 12.7. The first-order chi connectivity index (χ1) is 25.6. The number of nitriles is 1. The second kappa shape index (κ2) is 12.1. The summed E-state index contributed by atoms with van der Waals surface area (Å²) in [5, 5.41) is 11.7. The maximum atomic E-state index is 14.9. The first-order valence-electron chi connectivity index (χ1n) is 16.8. The van der Waals surface area contributed by atoms with E-state index in [1.165, 1.54) is 4.90 Å². The van der Waals surface area contributed by atoms with Crippen molar-refractivity contribution in [3.05, 3.63) is 186 Å². The number of hydrogen-bond acceptors (Lipinski definition) is 3. The number of hydrogen-bond donors (Lipinski definition) is 0. The normalized spacial score (nSPS) is 12.2. The maximum Gasteiger partial charge on any atom is 0.268 e. The Morgan fingerprint density at radius 3 is 2.00 bits per heavy atom. The van der Waals surface area contributed by atoms with Gasteiger partial charge < -0.3 is 4.57 Å². The molecule has 0 saturated heterocycles. The molecule has 9 rings (SSSR count). The van der Waals surface area contributed by atoms with E-state index in [-0.39, 0.29) is 0 Å². The Morgan fingerprint density at radius 1 is 0.538 bits per heavy atom. The third-order valence-corrected chi connectivity index (χ3v) is 9.74. The van der Waals surface area contributed by atoms with Crippen molar-refractivity contribution in [2.75, 3.05) is 4.90 Å². The highest BCUT2D eigenvalue weighted by Crippen LogP contribution is 2.43. The number of carbonyl (C=O) groups excluding carboxylic acids is 2. The minimum Gasteiger partial charge on any atom is -0.308 e. The van der Waals surface area contributed by atoms with Crippen molar-refractivity contribution < 1.29 is 9.59 Å². The van der Waals surface area contributed by atoms with E-state index in [4.69, 9.17) is 6.57 Å². The summed E-state index contributed by atoms with van der Waals surface area (Å²) in [5.74, 6) is -0.804. The van der Waals surface area contributed by atoms with Crippen molar-refractivity contribution in [1.82, 2.24) is 4.57 Å². The predicted octanol–water partition coefficient (Wildman–Crippen LogP) is 11.0. The number of rotatable bonds is 5. The van der Waals surface area contributed by atoms with E-state index in [2.05, 4.69) is 10.9 Å². The SMILES string of the molecule is [C-]#[N+]c1cc(C#N)cc(-c2cccc3c4ccccc4n(-c4cccc5c4C(=O)N(c4ccc(-c6ccccc6)cc4-c4ccccc4)C5=O)c23)c1. The molecule has 0 saturated carbocycles. The zero-order chi connectivity index (χ0) is 35.3. The van der Waals surface area contributed by atoms with Gasteiger partial charge in [0.2, 0.25) is 0 Å². The average Bonchev–Trinajstić information content (AvgIpc) is 3.68. The summed E-state index contributed by atoms with van der Waals surface area (Å²) in [6.45, 7) is 7.68. The highest BCUT2D eigenvalue weighted by atomic mass is 16.2. The Hall–Kier alpha value is -7.54. The standard InChI is InChI=1S/C46H26N4O2/c1-48-34-25-29(28-47)24-33(26-34)35-17-10-18-37-36-16-8-9-20-40(36)49(44(35)37)42-21-11-19-38-43(42)46(52)50(45(38)51)41-23-22-32(30-12-4-2-5-13-30)27-39(41)31-14-6-3-7-15-31/h2-27H. The van der Waals surface area contributed by atoms with Gasteiger partial charge >= 0.3 is 0 Å². The quantitative estimate of drug-likeness (QED) is 0.136. The summed E-state index contributed by atoms with van der Waals surface area (Å²) in [4.78, 5) is 34.3. The lowest BCUT2D eigenvalue weighted by Gasteiger charge is -2.20. The van der Waals surface area contributed by atoms with E-state index >= 15 is 0 Å². The van der Waals surface area contributed by atoms with Crippen LogP contribution in [0.4, 0.5) is 11.4 Å². The molecule has 0 bridgehead atoms. The smallest absolute Gasteiger partial charge is 0.268 e. The Bertz CT molecular complexity index is 2830. The van der Waals surface area contributed by atoms with Crippen molar-refractivity contribution in [3.8, 4) is 45.1 Å². The van der Waals surface area contributed by atoms with E-state index in [0.717, 1.165) is 49.6 Å². The van der Waals surface area contributed by atoms with E-state index in [1.54, 1.807) is 24.3 Å². The van der Waals surface area contributed by atoms with E-state index in [1.807, 2.05) is 138 Å². The lowest BCUT2D eigenvalue weighted by atomic mass is 9.97. The molecule has 0 unspecified atom stereocenters. The molecule has 0 N–H and O–H groups in total. The van der Waals surface area contributed by atoms with Gasteiger partial charge in [0.05, 0.1) is 46.2 Å². The summed E-state index contributed by atoms with van der Waals surface area (Å²) >= 11 is 0. The minimum absolute atomic E-state index is 0.309. The molecule has 0 spiro atoms. The second-order valence-corrected chi connectivity index (χ2v) is 12.7. The molecule has 0 radical (unpaired) electrons. The van der Waals surface area contributed by atoms with Crippen molar-refractivity contribution in [2.45, 2.75) is 0 Å². The Morgan fingerprint density at radius 2 is 1.23 bits per heavy atom. The van der Waals surface area contributed by atoms with Crippen molar-refractivity contribution in [2.24, 2.45) is 0 Å². The van der Waals surface area contributed by atoms with E-state index in [9.17, 15) is 14.9 Å². The number of carbonyl (C=O) groups is 2. The van der Waals surface area contributed by atoms with Crippen LogP contribution in [0.1, 0.15) is 26.3 Å². The summed E-state index contributed by atoms with van der Waals surface area (Å²) < 4.78 is 2.04. The fraction of sp³-hybridized carbons (Fsp3) is 0. The molecular weight excluding hydrogens is 641 g/mol. The van der Waals surface area contributed by atoms with Gasteiger partial charge in [-0.15, -0.1) is 0 Å². The van der Waals surface area contributed by atoms with Crippen LogP contribution in [0.15, 0.2) is 158 Å². The molecule has 2 amide bonds. The molecule has 52 heavy (non-hydrogen) atoms. The summed E-state index contributed by atoms with van der Waals surface area (Å²) in [7, 11) is 0. The number of aromatic nitrogens is 1. The molecular formula is C46H26N4O2. The van der Waals surface area contributed by atoms with Gasteiger partial charge in [-0.05, 0) is 70.8 Å². The molecule has 8 aromatic rings. The fourth-order valence-corrected chi connectivity index (χ4v) is 7.46. The first kappa shape index (κ1) is 30.5. The number of imide groups is 1. The monoisotopic (exact) mass is 666 g/mol. The lowest BCUT2D eigenvalue weighted by Crippen LogP contribution is -2.30. The molecule has 242 valence electrons. The molecule has 0 aliphatic carbocycles. The largest absolute Gasteiger partial charge is 0.308 e. The van der Waals surface area contributed by atoms with Crippen molar-refractivity contribution in [3.63, 3.8) is 0 Å². The Kier molecular flexibility index (Phi) is 7.10. The molecule has 1 aliphatic heterocycles. The van der Waals surface area contributed by atoms with Gasteiger partial charge in [-0.3, -0.25) is 9.59 Å². The fourth-order valence-electron chi connectivity index (χ4n) is 7.46. The summed E-state index contributed by atoms with van der Waals surface area (Å²) in [6.07, 6.45) is 0. The number of para-hydroxylation sites is 2. The molecule has 0 atom stereocenters. The topological polar surface area (TPSA) is 70.5 Å². The zero-order valence-electron chi connectivity index (χ0n) is 27.6. The lowest BCUT2D eigenvalue weighted by molar-refractivity contribution is 0.0926. The van der Waals surface area contributed by atoms with Gasteiger partial charge in [0.15, 0.2) is 5.69 Å². The molecule has 6 nitrogen and oxygen atoms in total. The first-order valence-corrected chi connectivity index (χ1v) is 16.8. The number of nitrogens with zero attached hydrogens (tertiary/aromatic N) is 4. The van der Waals surface area contributed by atoms with Gasteiger partial charge in [0.1, 0.15) is 0 Å². The molecule has 7 aromatic carbocycles. The average molecular weight is 667 g/mol.